The van der Waals surface area contributed by atoms with Crippen LogP contribution in [-0.2, 0) is 9.53 Å². The van der Waals surface area contributed by atoms with E-state index in [-0.39, 0.29) is 17.9 Å². The van der Waals surface area contributed by atoms with E-state index in [0.717, 1.165) is 19.6 Å². The number of primary amides is 1. The van der Waals surface area contributed by atoms with Crippen LogP contribution < -0.4 is 11.1 Å². The van der Waals surface area contributed by atoms with Gasteiger partial charge in [0.1, 0.15) is 0 Å². The Bertz CT molecular complexity index is 159. The van der Waals surface area contributed by atoms with Gasteiger partial charge in [0, 0.05) is 12.6 Å². The number of rotatable bonds is 3. The number of ether oxygens (including phenoxy) is 1. The highest BCUT2D eigenvalue weighted by molar-refractivity contribution is 5.77. The molecule has 1 aliphatic rings. The van der Waals surface area contributed by atoms with Gasteiger partial charge in [-0.3, -0.25) is 4.79 Å². The summed E-state index contributed by atoms with van der Waals surface area (Å²) in [6.07, 6.45) is 0.876. The van der Waals surface area contributed by atoms with E-state index in [1.165, 1.54) is 0 Å². The Kier molecular flexibility index (Phi) is 3.49. The summed E-state index contributed by atoms with van der Waals surface area (Å²) in [6, 6.07) is 0.209. The molecule has 0 saturated carbocycles. The first-order valence-corrected chi connectivity index (χ1v) is 4.36. The topological polar surface area (TPSA) is 64.3 Å². The second-order valence-electron chi connectivity index (χ2n) is 3.04. The van der Waals surface area contributed by atoms with Crippen LogP contribution in [0.3, 0.4) is 0 Å². The molecular weight excluding hydrogens is 156 g/mol. The van der Waals surface area contributed by atoms with Crippen LogP contribution in [0.2, 0.25) is 0 Å². The van der Waals surface area contributed by atoms with Gasteiger partial charge in [-0.2, -0.15) is 0 Å². The zero-order valence-corrected chi connectivity index (χ0v) is 7.38. The predicted octanol–water partition coefficient (Wildman–Crippen LogP) is -0.514. The van der Waals surface area contributed by atoms with Gasteiger partial charge in [0.2, 0.25) is 5.91 Å². The highest BCUT2D eigenvalue weighted by atomic mass is 16.5. The normalized spacial score (nSPS) is 30.1. The number of hydrogen-bond donors (Lipinski definition) is 2. The zero-order valence-electron chi connectivity index (χ0n) is 7.38. The monoisotopic (exact) mass is 172 g/mol. The molecule has 0 radical (unpaired) electrons. The average Bonchev–Trinajstić information content (AvgIpc) is 2.05. The number of nitrogens with one attached hydrogen (secondary N) is 1. The number of carbonyl (C=O) groups is 1. The summed E-state index contributed by atoms with van der Waals surface area (Å²) >= 11 is 0. The van der Waals surface area contributed by atoms with Crippen molar-refractivity contribution < 1.29 is 9.53 Å². The van der Waals surface area contributed by atoms with Crippen molar-refractivity contribution >= 4 is 5.91 Å². The van der Waals surface area contributed by atoms with Crippen LogP contribution in [0.1, 0.15) is 13.3 Å². The van der Waals surface area contributed by atoms with Gasteiger partial charge >= 0.3 is 0 Å². The number of nitrogens with two attached hydrogens (primary N) is 1. The largest absolute Gasteiger partial charge is 0.381 e. The standard InChI is InChI=1S/C8H16N2O2/c1-2-10-7-3-4-12-5-6(7)8(9)11/h6-7,10H,2-5H2,1H3,(H2,9,11). The van der Waals surface area contributed by atoms with Gasteiger partial charge in [-0.1, -0.05) is 6.92 Å². The van der Waals surface area contributed by atoms with Gasteiger partial charge in [-0.15, -0.1) is 0 Å². The highest BCUT2D eigenvalue weighted by Crippen LogP contribution is 2.13. The molecule has 1 rings (SSSR count). The molecule has 0 aliphatic carbocycles. The first-order valence-electron chi connectivity index (χ1n) is 4.36. The fraction of sp³-hybridized carbons (Fsp3) is 0.875. The average molecular weight is 172 g/mol. The lowest BCUT2D eigenvalue weighted by Crippen LogP contribution is -2.48. The molecule has 70 valence electrons. The third-order valence-corrected chi connectivity index (χ3v) is 2.19. The molecule has 1 saturated heterocycles. The van der Waals surface area contributed by atoms with E-state index in [4.69, 9.17) is 10.5 Å². The van der Waals surface area contributed by atoms with Crippen LogP contribution >= 0.6 is 0 Å². The minimum atomic E-state index is -0.263. The molecular formula is C8H16N2O2. The van der Waals surface area contributed by atoms with Crippen molar-refractivity contribution in [3.05, 3.63) is 0 Å². The van der Waals surface area contributed by atoms with Crippen molar-refractivity contribution in [3.8, 4) is 0 Å². The molecule has 1 fully saturated rings. The van der Waals surface area contributed by atoms with Crippen molar-refractivity contribution in [1.82, 2.24) is 5.32 Å². The van der Waals surface area contributed by atoms with E-state index in [0.29, 0.717) is 6.61 Å². The van der Waals surface area contributed by atoms with Crippen LogP contribution in [-0.4, -0.2) is 31.7 Å². The lowest BCUT2D eigenvalue weighted by Gasteiger charge is -2.29. The maximum absolute atomic E-state index is 10.9. The molecule has 0 aromatic heterocycles. The van der Waals surface area contributed by atoms with E-state index in [1.807, 2.05) is 6.92 Å². The first-order chi connectivity index (χ1) is 5.75. The molecule has 0 spiro atoms. The van der Waals surface area contributed by atoms with E-state index < -0.39 is 0 Å². The van der Waals surface area contributed by atoms with Crippen molar-refractivity contribution in [2.24, 2.45) is 11.7 Å². The van der Waals surface area contributed by atoms with Crippen molar-refractivity contribution in [1.29, 1.82) is 0 Å². The molecule has 4 heteroatoms. The molecule has 1 aliphatic heterocycles. The fourth-order valence-electron chi connectivity index (χ4n) is 1.52. The van der Waals surface area contributed by atoms with E-state index in [1.54, 1.807) is 0 Å². The molecule has 0 aromatic rings. The highest BCUT2D eigenvalue weighted by Gasteiger charge is 2.29. The van der Waals surface area contributed by atoms with Crippen LogP contribution in [0.15, 0.2) is 0 Å². The maximum Gasteiger partial charge on any atom is 0.224 e. The summed E-state index contributed by atoms with van der Waals surface area (Å²) in [4.78, 5) is 10.9. The SMILES string of the molecule is CCNC1CCOCC1C(N)=O. The third-order valence-electron chi connectivity index (χ3n) is 2.19. The van der Waals surface area contributed by atoms with Crippen LogP contribution in [0, 0.1) is 5.92 Å². The Labute approximate surface area is 72.5 Å². The van der Waals surface area contributed by atoms with Crippen molar-refractivity contribution in [2.45, 2.75) is 19.4 Å². The fourth-order valence-corrected chi connectivity index (χ4v) is 1.52. The van der Waals surface area contributed by atoms with Crippen molar-refractivity contribution in [3.63, 3.8) is 0 Å². The Morgan fingerprint density at radius 1 is 1.75 bits per heavy atom. The molecule has 1 heterocycles. The van der Waals surface area contributed by atoms with E-state index in [2.05, 4.69) is 5.32 Å². The lowest BCUT2D eigenvalue weighted by molar-refractivity contribution is -0.127. The van der Waals surface area contributed by atoms with Gasteiger partial charge < -0.3 is 15.8 Å². The molecule has 2 atom stereocenters. The number of amides is 1. The smallest absolute Gasteiger partial charge is 0.224 e. The summed E-state index contributed by atoms with van der Waals surface area (Å²) < 4.78 is 5.18. The summed E-state index contributed by atoms with van der Waals surface area (Å²) in [5.41, 5.74) is 5.23. The molecule has 0 bridgehead atoms. The molecule has 1 amide bonds. The molecule has 12 heavy (non-hydrogen) atoms. The lowest BCUT2D eigenvalue weighted by atomic mass is 9.95. The van der Waals surface area contributed by atoms with Crippen LogP contribution in [0.5, 0.6) is 0 Å². The molecule has 3 N–H and O–H groups in total. The maximum atomic E-state index is 10.9. The summed E-state index contributed by atoms with van der Waals surface area (Å²) in [6.45, 7) is 4.08. The Morgan fingerprint density at radius 3 is 3.08 bits per heavy atom. The van der Waals surface area contributed by atoms with Crippen LogP contribution in [0.25, 0.3) is 0 Å². The Balaban J connectivity index is 2.48. The summed E-state index contributed by atoms with van der Waals surface area (Å²) in [5.74, 6) is -0.417. The second kappa shape index (κ2) is 4.42. The quantitative estimate of drug-likeness (QED) is 0.602. The summed E-state index contributed by atoms with van der Waals surface area (Å²) in [7, 11) is 0. The third kappa shape index (κ3) is 2.19. The second-order valence-corrected chi connectivity index (χ2v) is 3.04. The van der Waals surface area contributed by atoms with Gasteiger partial charge in [0.15, 0.2) is 0 Å². The number of hydrogen-bond acceptors (Lipinski definition) is 3. The van der Waals surface area contributed by atoms with Gasteiger partial charge in [0.25, 0.3) is 0 Å². The number of carbonyl (C=O) groups excluding carboxylic acids is 1. The minimum Gasteiger partial charge on any atom is -0.381 e. The Hall–Kier alpha value is -0.610. The molecule has 2 unspecified atom stereocenters. The van der Waals surface area contributed by atoms with Crippen LogP contribution in [0.4, 0.5) is 0 Å². The van der Waals surface area contributed by atoms with Crippen molar-refractivity contribution in [2.75, 3.05) is 19.8 Å². The van der Waals surface area contributed by atoms with Gasteiger partial charge in [0.05, 0.1) is 12.5 Å². The van der Waals surface area contributed by atoms with Gasteiger partial charge in [-0.25, -0.2) is 0 Å². The molecule has 4 nitrogen and oxygen atoms in total. The molecule has 0 aromatic carbocycles. The first kappa shape index (κ1) is 9.48. The van der Waals surface area contributed by atoms with E-state index >= 15 is 0 Å². The van der Waals surface area contributed by atoms with E-state index in [9.17, 15) is 4.79 Å². The van der Waals surface area contributed by atoms with Gasteiger partial charge in [-0.05, 0) is 13.0 Å². The predicted molar refractivity (Wildman–Crippen MR) is 45.6 cm³/mol. The Morgan fingerprint density at radius 2 is 2.50 bits per heavy atom. The minimum absolute atomic E-state index is 0.154. The summed E-state index contributed by atoms with van der Waals surface area (Å²) in [5, 5.41) is 3.24. The zero-order chi connectivity index (χ0) is 8.97.